The summed E-state index contributed by atoms with van der Waals surface area (Å²) in [6, 6.07) is 7.66. The molecule has 0 saturated heterocycles. The second-order valence-electron chi connectivity index (χ2n) is 3.12. The van der Waals surface area contributed by atoms with E-state index < -0.39 is 0 Å². The molecule has 2 rings (SSSR count). The second-order valence-corrected chi connectivity index (χ2v) is 4.01. The van der Waals surface area contributed by atoms with Gasteiger partial charge in [-0.3, -0.25) is 0 Å². The van der Waals surface area contributed by atoms with Gasteiger partial charge in [0.2, 0.25) is 0 Å². The van der Waals surface area contributed by atoms with Crippen molar-refractivity contribution in [2.24, 2.45) is 0 Å². The predicted molar refractivity (Wildman–Crippen MR) is 64.5 cm³/mol. The molecule has 2 N–H and O–H groups in total. The molecule has 0 unspecified atom stereocenters. The van der Waals surface area contributed by atoms with Gasteiger partial charge >= 0.3 is 0 Å². The van der Waals surface area contributed by atoms with Crippen LogP contribution in [0.1, 0.15) is 0 Å². The first-order valence-electron chi connectivity index (χ1n) is 4.73. The van der Waals surface area contributed by atoms with E-state index in [1.165, 1.54) is 11.3 Å². The summed E-state index contributed by atoms with van der Waals surface area (Å²) < 4.78 is 10.3. The molecule has 0 aliphatic heterocycles. The number of para-hydroxylation sites is 1. The van der Waals surface area contributed by atoms with Crippen molar-refractivity contribution in [1.82, 2.24) is 4.98 Å². The zero-order chi connectivity index (χ0) is 11.4. The molecular formula is C11H12N2O2S. The van der Waals surface area contributed by atoms with Crippen molar-refractivity contribution in [3.8, 4) is 17.0 Å². The summed E-state index contributed by atoms with van der Waals surface area (Å²) in [5.74, 6) is 0.745. The zero-order valence-electron chi connectivity index (χ0n) is 8.84. The number of ether oxygens (including phenoxy) is 2. The molecule has 0 bridgehead atoms. The van der Waals surface area contributed by atoms with Gasteiger partial charge in [-0.05, 0) is 12.1 Å². The summed E-state index contributed by atoms with van der Waals surface area (Å²) in [7, 11) is 1.59. The van der Waals surface area contributed by atoms with Crippen LogP contribution in [0.2, 0.25) is 0 Å². The predicted octanol–water partition coefficient (Wildman–Crippen LogP) is 2.38. The molecule has 2 aromatic rings. The van der Waals surface area contributed by atoms with E-state index in [1.807, 2.05) is 29.6 Å². The number of nitrogens with zero attached hydrogens (tertiary/aromatic N) is 1. The highest BCUT2D eigenvalue weighted by molar-refractivity contribution is 7.13. The van der Waals surface area contributed by atoms with Crippen LogP contribution in [-0.2, 0) is 4.74 Å². The number of hydrogen-bond acceptors (Lipinski definition) is 5. The summed E-state index contributed by atoms with van der Waals surface area (Å²) in [6.45, 7) is 0.219. The molecule has 84 valence electrons. The van der Waals surface area contributed by atoms with Crippen LogP contribution in [-0.4, -0.2) is 18.9 Å². The van der Waals surface area contributed by atoms with E-state index in [9.17, 15) is 0 Å². The van der Waals surface area contributed by atoms with Crippen LogP contribution >= 0.6 is 11.3 Å². The van der Waals surface area contributed by atoms with Crippen molar-refractivity contribution < 1.29 is 9.47 Å². The first-order chi connectivity index (χ1) is 7.81. The van der Waals surface area contributed by atoms with Gasteiger partial charge in [0, 0.05) is 18.1 Å². The van der Waals surface area contributed by atoms with Gasteiger partial charge in [0.15, 0.2) is 11.9 Å². The molecule has 0 spiro atoms. The van der Waals surface area contributed by atoms with E-state index in [0.717, 1.165) is 17.0 Å². The molecule has 16 heavy (non-hydrogen) atoms. The molecule has 1 aromatic carbocycles. The minimum absolute atomic E-state index is 0.219. The Bertz CT molecular complexity index is 471. The Morgan fingerprint density at radius 1 is 1.38 bits per heavy atom. The lowest BCUT2D eigenvalue weighted by atomic mass is 10.1. The molecule has 0 radical (unpaired) electrons. The van der Waals surface area contributed by atoms with E-state index in [2.05, 4.69) is 4.98 Å². The number of nitrogen functional groups attached to an aromatic ring is 1. The average Bonchev–Trinajstić information content (AvgIpc) is 2.73. The first kappa shape index (κ1) is 10.9. The van der Waals surface area contributed by atoms with E-state index in [-0.39, 0.29) is 6.79 Å². The van der Waals surface area contributed by atoms with Gasteiger partial charge in [0.05, 0.1) is 5.69 Å². The third-order valence-electron chi connectivity index (χ3n) is 2.02. The fraction of sp³-hybridized carbons (Fsp3) is 0.182. The standard InChI is InChI=1S/C11H12N2O2S/c1-14-7-15-10-5-3-2-4-8(10)9-6-16-11(12)13-9/h2-6H,7H2,1H3,(H2,12,13). The van der Waals surface area contributed by atoms with Crippen LogP contribution in [0.3, 0.4) is 0 Å². The SMILES string of the molecule is COCOc1ccccc1-c1csc(N)n1. The molecule has 0 amide bonds. The maximum atomic E-state index is 5.61. The number of rotatable bonds is 4. The Balaban J connectivity index is 2.32. The van der Waals surface area contributed by atoms with Crippen molar-refractivity contribution >= 4 is 16.5 Å². The number of thiazole rings is 1. The van der Waals surface area contributed by atoms with Gasteiger partial charge in [-0.25, -0.2) is 4.98 Å². The minimum atomic E-state index is 0.219. The highest BCUT2D eigenvalue weighted by Gasteiger charge is 2.08. The van der Waals surface area contributed by atoms with Crippen molar-refractivity contribution in [3.63, 3.8) is 0 Å². The monoisotopic (exact) mass is 236 g/mol. The first-order valence-corrected chi connectivity index (χ1v) is 5.61. The smallest absolute Gasteiger partial charge is 0.188 e. The minimum Gasteiger partial charge on any atom is -0.467 e. The molecule has 0 aliphatic carbocycles. The molecule has 1 aromatic heterocycles. The van der Waals surface area contributed by atoms with E-state index in [1.54, 1.807) is 7.11 Å². The molecule has 0 atom stereocenters. The Labute approximate surface area is 97.6 Å². The van der Waals surface area contributed by atoms with Gasteiger partial charge in [0.1, 0.15) is 5.75 Å². The lowest BCUT2D eigenvalue weighted by Gasteiger charge is -2.08. The normalized spacial score (nSPS) is 10.3. The van der Waals surface area contributed by atoms with E-state index in [4.69, 9.17) is 15.2 Å². The number of anilines is 1. The summed E-state index contributed by atoms with van der Waals surface area (Å²) in [5.41, 5.74) is 7.36. The number of benzene rings is 1. The number of hydrogen-bond donors (Lipinski definition) is 1. The summed E-state index contributed by atoms with van der Waals surface area (Å²) in [5, 5.41) is 2.46. The van der Waals surface area contributed by atoms with Gasteiger partial charge in [-0.2, -0.15) is 0 Å². The number of methoxy groups -OCH3 is 1. The highest BCUT2D eigenvalue weighted by atomic mass is 32.1. The van der Waals surface area contributed by atoms with Crippen molar-refractivity contribution in [2.75, 3.05) is 19.6 Å². The van der Waals surface area contributed by atoms with Crippen LogP contribution in [0.15, 0.2) is 29.6 Å². The van der Waals surface area contributed by atoms with Crippen LogP contribution < -0.4 is 10.5 Å². The van der Waals surface area contributed by atoms with Crippen LogP contribution in [0.5, 0.6) is 5.75 Å². The van der Waals surface area contributed by atoms with Gasteiger partial charge in [0.25, 0.3) is 0 Å². The van der Waals surface area contributed by atoms with Gasteiger partial charge < -0.3 is 15.2 Å². The zero-order valence-corrected chi connectivity index (χ0v) is 9.66. The van der Waals surface area contributed by atoms with E-state index >= 15 is 0 Å². The molecule has 1 heterocycles. The molecule has 0 aliphatic rings. The summed E-state index contributed by atoms with van der Waals surface area (Å²) in [6.07, 6.45) is 0. The topological polar surface area (TPSA) is 57.4 Å². The van der Waals surface area contributed by atoms with Gasteiger partial charge in [-0.15, -0.1) is 11.3 Å². The maximum Gasteiger partial charge on any atom is 0.188 e. The second kappa shape index (κ2) is 4.96. The van der Waals surface area contributed by atoms with Gasteiger partial charge in [-0.1, -0.05) is 12.1 Å². The quantitative estimate of drug-likeness (QED) is 0.828. The third-order valence-corrected chi connectivity index (χ3v) is 2.69. The molecular weight excluding hydrogens is 224 g/mol. The van der Waals surface area contributed by atoms with Crippen molar-refractivity contribution in [2.45, 2.75) is 0 Å². The lowest BCUT2D eigenvalue weighted by Crippen LogP contribution is -2.00. The maximum absolute atomic E-state index is 5.61. The third kappa shape index (κ3) is 2.32. The molecule has 0 fully saturated rings. The van der Waals surface area contributed by atoms with Crippen molar-refractivity contribution in [3.05, 3.63) is 29.6 Å². The Hall–Kier alpha value is -1.59. The Kier molecular flexibility index (Phi) is 3.38. The summed E-state index contributed by atoms with van der Waals surface area (Å²) in [4.78, 5) is 4.23. The van der Waals surface area contributed by atoms with Crippen LogP contribution in [0.25, 0.3) is 11.3 Å². The lowest BCUT2D eigenvalue weighted by molar-refractivity contribution is 0.0515. The number of nitrogens with two attached hydrogens (primary N) is 1. The van der Waals surface area contributed by atoms with Crippen LogP contribution in [0, 0.1) is 0 Å². The molecule has 0 saturated carbocycles. The fourth-order valence-corrected chi connectivity index (χ4v) is 1.90. The van der Waals surface area contributed by atoms with E-state index in [0.29, 0.717) is 5.13 Å². The highest BCUT2D eigenvalue weighted by Crippen LogP contribution is 2.31. The average molecular weight is 236 g/mol. The fourth-order valence-electron chi connectivity index (χ4n) is 1.34. The Morgan fingerprint density at radius 3 is 2.88 bits per heavy atom. The van der Waals surface area contributed by atoms with Crippen molar-refractivity contribution in [1.29, 1.82) is 0 Å². The van der Waals surface area contributed by atoms with Crippen LogP contribution in [0.4, 0.5) is 5.13 Å². The Morgan fingerprint density at radius 2 is 2.19 bits per heavy atom. The molecule has 4 nitrogen and oxygen atoms in total. The molecule has 5 heteroatoms. The summed E-state index contributed by atoms with van der Waals surface area (Å²) >= 11 is 1.41. The largest absolute Gasteiger partial charge is 0.467 e. The number of aromatic nitrogens is 1.